The first kappa shape index (κ1) is 15.2. The third kappa shape index (κ3) is 5.09. The Kier molecular flexibility index (Phi) is 6.02. The molecular formula is C14H19NO4. The van der Waals surface area contributed by atoms with Gasteiger partial charge in [-0.1, -0.05) is 24.3 Å². The molecule has 104 valence electrons. The highest BCUT2D eigenvalue weighted by Crippen LogP contribution is 2.10. The van der Waals surface area contributed by atoms with Crippen LogP contribution in [0.3, 0.4) is 0 Å². The summed E-state index contributed by atoms with van der Waals surface area (Å²) in [4.78, 5) is 22.7. The molecule has 0 aliphatic carbocycles. The highest BCUT2D eigenvalue weighted by Gasteiger charge is 2.20. The van der Waals surface area contributed by atoms with Gasteiger partial charge in [0.15, 0.2) is 0 Å². The smallest absolute Gasteiger partial charge is 0.326 e. The summed E-state index contributed by atoms with van der Waals surface area (Å²) >= 11 is 0. The SMILES string of the molecule is CCOCC(=O)N[C@H](Cc1ccccc1C)C(=O)O. The van der Waals surface area contributed by atoms with Gasteiger partial charge in [-0.05, 0) is 25.0 Å². The van der Waals surface area contributed by atoms with E-state index >= 15 is 0 Å². The number of benzene rings is 1. The maximum Gasteiger partial charge on any atom is 0.326 e. The van der Waals surface area contributed by atoms with Crippen LogP contribution in [0.15, 0.2) is 24.3 Å². The maximum absolute atomic E-state index is 11.5. The van der Waals surface area contributed by atoms with Gasteiger partial charge < -0.3 is 15.2 Å². The second-order valence-electron chi connectivity index (χ2n) is 4.23. The van der Waals surface area contributed by atoms with Crippen LogP contribution >= 0.6 is 0 Å². The van der Waals surface area contributed by atoms with Crippen LogP contribution in [-0.2, 0) is 20.7 Å². The van der Waals surface area contributed by atoms with Crippen LogP contribution in [0.4, 0.5) is 0 Å². The molecule has 0 fully saturated rings. The Labute approximate surface area is 112 Å². The molecule has 0 spiro atoms. The summed E-state index contributed by atoms with van der Waals surface area (Å²) in [6.07, 6.45) is 0.264. The number of aryl methyl sites for hydroxylation is 1. The van der Waals surface area contributed by atoms with Gasteiger partial charge in [-0.25, -0.2) is 4.79 Å². The number of hydrogen-bond acceptors (Lipinski definition) is 3. The molecule has 2 N–H and O–H groups in total. The number of carbonyl (C=O) groups is 2. The number of carboxylic acids is 1. The van der Waals surface area contributed by atoms with Gasteiger partial charge in [0, 0.05) is 13.0 Å². The molecule has 0 saturated carbocycles. The van der Waals surface area contributed by atoms with Gasteiger partial charge in [0.1, 0.15) is 12.6 Å². The zero-order valence-corrected chi connectivity index (χ0v) is 11.2. The summed E-state index contributed by atoms with van der Waals surface area (Å²) in [7, 11) is 0. The molecular weight excluding hydrogens is 246 g/mol. The number of ether oxygens (including phenoxy) is 1. The van der Waals surface area contributed by atoms with E-state index in [2.05, 4.69) is 5.32 Å². The Balaban J connectivity index is 2.66. The van der Waals surface area contributed by atoms with Crippen molar-refractivity contribution in [3.63, 3.8) is 0 Å². The number of rotatable bonds is 7. The number of aliphatic carboxylic acids is 1. The lowest BCUT2D eigenvalue weighted by atomic mass is 10.0. The minimum atomic E-state index is -1.05. The van der Waals surface area contributed by atoms with Crippen molar-refractivity contribution in [3.8, 4) is 0 Å². The normalized spacial score (nSPS) is 11.9. The second-order valence-corrected chi connectivity index (χ2v) is 4.23. The van der Waals surface area contributed by atoms with Crippen LogP contribution in [0.25, 0.3) is 0 Å². The van der Waals surface area contributed by atoms with Gasteiger partial charge in [0.2, 0.25) is 5.91 Å². The number of amides is 1. The standard InChI is InChI=1S/C14H19NO4/c1-3-19-9-13(16)15-12(14(17)18)8-11-7-5-4-6-10(11)2/h4-7,12H,3,8-9H2,1-2H3,(H,15,16)(H,17,18)/t12-/m1/s1. The highest BCUT2D eigenvalue weighted by atomic mass is 16.5. The Bertz CT molecular complexity index is 445. The maximum atomic E-state index is 11.5. The predicted molar refractivity (Wildman–Crippen MR) is 70.9 cm³/mol. The van der Waals surface area contributed by atoms with E-state index in [-0.39, 0.29) is 13.0 Å². The second kappa shape index (κ2) is 7.53. The fourth-order valence-electron chi connectivity index (χ4n) is 1.69. The third-order valence-corrected chi connectivity index (χ3v) is 2.76. The molecule has 19 heavy (non-hydrogen) atoms. The van der Waals surface area contributed by atoms with Gasteiger partial charge >= 0.3 is 5.97 Å². The van der Waals surface area contributed by atoms with Crippen LogP contribution < -0.4 is 5.32 Å². The molecule has 1 amide bonds. The van der Waals surface area contributed by atoms with Gasteiger partial charge in [-0.2, -0.15) is 0 Å². The first-order chi connectivity index (χ1) is 9.04. The summed E-state index contributed by atoms with van der Waals surface area (Å²) < 4.78 is 4.94. The first-order valence-corrected chi connectivity index (χ1v) is 6.19. The fraction of sp³-hybridized carbons (Fsp3) is 0.429. The van der Waals surface area contributed by atoms with Gasteiger partial charge in [0.25, 0.3) is 0 Å². The minimum absolute atomic E-state index is 0.117. The monoisotopic (exact) mass is 265 g/mol. The molecule has 0 aliphatic heterocycles. The van der Waals surface area contributed by atoms with Crippen molar-refractivity contribution in [2.24, 2.45) is 0 Å². The number of nitrogens with one attached hydrogen (secondary N) is 1. The Morgan fingerprint density at radius 1 is 1.37 bits per heavy atom. The van der Waals surface area contributed by atoms with E-state index in [0.717, 1.165) is 11.1 Å². The van der Waals surface area contributed by atoms with E-state index < -0.39 is 17.9 Å². The van der Waals surface area contributed by atoms with Gasteiger partial charge in [0.05, 0.1) is 0 Å². The summed E-state index contributed by atoms with van der Waals surface area (Å²) in [6.45, 7) is 3.99. The average Bonchev–Trinajstić information content (AvgIpc) is 2.38. The minimum Gasteiger partial charge on any atom is -0.480 e. The first-order valence-electron chi connectivity index (χ1n) is 6.19. The molecule has 0 aromatic heterocycles. The zero-order valence-electron chi connectivity index (χ0n) is 11.2. The van der Waals surface area contributed by atoms with Crippen LogP contribution in [-0.4, -0.2) is 36.2 Å². The summed E-state index contributed by atoms with van der Waals surface area (Å²) in [5.41, 5.74) is 1.92. The van der Waals surface area contributed by atoms with Crippen molar-refractivity contribution >= 4 is 11.9 Å². The quantitative estimate of drug-likeness (QED) is 0.775. The molecule has 5 nitrogen and oxygen atoms in total. The van der Waals surface area contributed by atoms with Crippen molar-refractivity contribution in [2.45, 2.75) is 26.3 Å². The zero-order chi connectivity index (χ0) is 14.3. The molecule has 0 heterocycles. The molecule has 0 bridgehead atoms. The van der Waals surface area contributed by atoms with Crippen molar-refractivity contribution in [3.05, 3.63) is 35.4 Å². The molecule has 0 aliphatic rings. The number of carbonyl (C=O) groups excluding carboxylic acids is 1. The van der Waals surface area contributed by atoms with E-state index in [1.807, 2.05) is 31.2 Å². The fourth-order valence-corrected chi connectivity index (χ4v) is 1.69. The molecule has 1 atom stereocenters. The lowest BCUT2D eigenvalue weighted by molar-refractivity contribution is -0.142. The van der Waals surface area contributed by atoms with E-state index in [0.29, 0.717) is 6.61 Å². The Hall–Kier alpha value is -1.88. The third-order valence-electron chi connectivity index (χ3n) is 2.76. The van der Waals surface area contributed by atoms with Gasteiger partial charge in [-0.3, -0.25) is 4.79 Å². The van der Waals surface area contributed by atoms with Crippen molar-refractivity contribution < 1.29 is 19.4 Å². The summed E-state index contributed by atoms with van der Waals surface area (Å²) in [6, 6.07) is 6.58. The topological polar surface area (TPSA) is 75.6 Å². The molecule has 0 saturated heterocycles. The van der Waals surface area contributed by atoms with Crippen molar-refractivity contribution in [1.29, 1.82) is 0 Å². The van der Waals surface area contributed by atoms with Crippen LogP contribution in [0.2, 0.25) is 0 Å². The lowest BCUT2D eigenvalue weighted by Gasteiger charge is -2.15. The van der Waals surface area contributed by atoms with Crippen molar-refractivity contribution in [1.82, 2.24) is 5.32 Å². The van der Waals surface area contributed by atoms with E-state index in [4.69, 9.17) is 9.84 Å². The number of hydrogen-bond donors (Lipinski definition) is 2. The van der Waals surface area contributed by atoms with Crippen LogP contribution in [0.1, 0.15) is 18.1 Å². The number of carboxylic acid groups (broad SMARTS) is 1. The lowest BCUT2D eigenvalue weighted by Crippen LogP contribution is -2.44. The van der Waals surface area contributed by atoms with E-state index in [1.165, 1.54) is 0 Å². The van der Waals surface area contributed by atoms with E-state index in [9.17, 15) is 9.59 Å². The summed E-state index contributed by atoms with van der Waals surface area (Å²) in [5.74, 6) is -1.46. The largest absolute Gasteiger partial charge is 0.480 e. The van der Waals surface area contributed by atoms with Crippen LogP contribution in [0, 0.1) is 6.92 Å². The van der Waals surface area contributed by atoms with Crippen molar-refractivity contribution in [2.75, 3.05) is 13.2 Å². The average molecular weight is 265 g/mol. The molecule has 1 aromatic carbocycles. The molecule has 5 heteroatoms. The predicted octanol–water partition coefficient (Wildman–Crippen LogP) is 1.14. The van der Waals surface area contributed by atoms with Crippen LogP contribution in [0.5, 0.6) is 0 Å². The Morgan fingerprint density at radius 3 is 2.63 bits per heavy atom. The molecule has 1 rings (SSSR count). The highest BCUT2D eigenvalue weighted by molar-refractivity contribution is 5.84. The molecule has 1 aromatic rings. The molecule has 0 unspecified atom stereocenters. The van der Waals surface area contributed by atoms with Gasteiger partial charge in [-0.15, -0.1) is 0 Å². The molecule has 0 radical (unpaired) electrons. The van der Waals surface area contributed by atoms with E-state index in [1.54, 1.807) is 6.92 Å². The summed E-state index contributed by atoms with van der Waals surface area (Å²) in [5, 5.41) is 11.6. The Morgan fingerprint density at radius 2 is 2.05 bits per heavy atom.